The summed E-state index contributed by atoms with van der Waals surface area (Å²) in [5.74, 6) is -0.487. The van der Waals surface area contributed by atoms with Gasteiger partial charge in [0.25, 0.3) is 5.91 Å². The first-order valence-corrected chi connectivity index (χ1v) is 9.19. The van der Waals surface area contributed by atoms with Crippen molar-refractivity contribution in [3.63, 3.8) is 0 Å². The lowest BCUT2D eigenvalue weighted by molar-refractivity contribution is 0.102. The lowest BCUT2D eigenvalue weighted by Crippen LogP contribution is -2.14. The molecular weight excluding hydrogens is 367 g/mol. The molecule has 7 nitrogen and oxygen atoms in total. The number of pyridine rings is 1. The number of carbonyl (C=O) groups is 1. The monoisotopic (exact) mass is 384 g/mol. The van der Waals surface area contributed by atoms with Gasteiger partial charge in [0.05, 0.1) is 18.1 Å². The number of hydrogen-bond acceptors (Lipinski definition) is 7. The highest BCUT2D eigenvalue weighted by Crippen LogP contribution is 2.19. The third kappa shape index (κ3) is 4.70. The van der Waals surface area contributed by atoms with Crippen LogP contribution in [0.25, 0.3) is 0 Å². The van der Waals surface area contributed by atoms with Crippen LogP contribution in [0.5, 0.6) is 0 Å². The Morgan fingerprint density at radius 1 is 1.22 bits per heavy atom. The zero-order chi connectivity index (χ0) is 19.2. The van der Waals surface area contributed by atoms with E-state index in [1.54, 1.807) is 24.4 Å². The molecule has 1 amide bonds. The van der Waals surface area contributed by atoms with E-state index in [2.05, 4.69) is 25.6 Å². The fourth-order valence-electron chi connectivity index (χ4n) is 2.28. The molecule has 0 atom stereocenters. The Morgan fingerprint density at radius 2 is 2.07 bits per heavy atom. The number of halogens is 1. The molecule has 4 N–H and O–H groups in total. The average molecular weight is 384 g/mol. The van der Waals surface area contributed by atoms with Crippen molar-refractivity contribution in [3.05, 3.63) is 66.0 Å². The third-order valence-electron chi connectivity index (χ3n) is 3.68. The molecule has 138 valence electrons. The number of nitrogen functional groups attached to an aromatic ring is 1. The van der Waals surface area contributed by atoms with Crippen LogP contribution in [0, 0.1) is 5.82 Å². The second-order valence-corrected chi connectivity index (χ2v) is 6.32. The largest absolute Gasteiger partial charge is 0.382 e. The zero-order valence-electron chi connectivity index (χ0n) is 14.4. The van der Waals surface area contributed by atoms with Crippen LogP contribution in [0.4, 0.5) is 21.6 Å². The first-order chi connectivity index (χ1) is 13.1. The molecule has 0 fully saturated rings. The number of aromatic nitrogens is 3. The molecule has 2 aromatic heterocycles. The molecule has 0 unspecified atom stereocenters. The maximum Gasteiger partial charge on any atom is 0.275 e. The van der Waals surface area contributed by atoms with Gasteiger partial charge in [0.1, 0.15) is 22.4 Å². The molecule has 9 heteroatoms. The smallest absolute Gasteiger partial charge is 0.275 e. The highest BCUT2D eigenvalue weighted by Gasteiger charge is 2.11. The predicted octanol–water partition coefficient (Wildman–Crippen LogP) is 3.18. The Morgan fingerprint density at radius 3 is 2.78 bits per heavy atom. The van der Waals surface area contributed by atoms with E-state index >= 15 is 0 Å². The summed E-state index contributed by atoms with van der Waals surface area (Å²) >= 11 is 1.43. The Kier molecular flexibility index (Phi) is 5.82. The Labute approximate surface area is 159 Å². The molecule has 2 heterocycles. The molecule has 0 aliphatic rings. The summed E-state index contributed by atoms with van der Waals surface area (Å²) in [5, 5.41) is 6.44. The number of nitrogens with zero attached hydrogens (tertiary/aromatic N) is 3. The lowest BCUT2D eigenvalue weighted by Gasteiger charge is -2.11. The normalized spacial score (nSPS) is 10.4. The standard InChI is InChI=1S/C18H17FN6OS/c1-27-16-10-23-15(9-24-16)18(26)25-12-4-5-13(19)11(7-12)8-22-14-3-2-6-21-17(14)20/h2-7,9-10,22H,8H2,1H3,(H2,20,21)(H,25,26). The molecular formula is C18H17FN6OS. The van der Waals surface area contributed by atoms with Crippen LogP contribution < -0.4 is 16.4 Å². The van der Waals surface area contributed by atoms with Gasteiger partial charge in [0, 0.05) is 24.0 Å². The van der Waals surface area contributed by atoms with Gasteiger partial charge in [-0.15, -0.1) is 11.8 Å². The summed E-state index contributed by atoms with van der Waals surface area (Å²) < 4.78 is 14.1. The highest BCUT2D eigenvalue weighted by molar-refractivity contribution is 7.98. The van der Waals surface area contributed by atoms with Gasteiger partial charge < -0.3 is 16.4 Å². The highest BCUT2D eigenvalue weighted by atomic mass is 32.2. The number of amides is 1. The number of anilines is 3. The number of carbonyl (C=O) groups excluding carboxylic acids is 1. The molecule has 0 saturated carbocycles. The topological polar surface area (TPSA) is 106 Å². The molecule has 1 aromatic carbocycles. The van der Waals surface area contributed by atoms with Crippen LogP contribution in [0.2, 0.25) is 0 Å². The maximum absolute atomic E-state index is 14.1. The molecule has 3 rings (SSSR count). The number of hydrogen-bond donors (Lipinski definition) is 3. The van der Waals surface area contributed by atoms with Gasteiger partial charge in [-0.25, -0.2) is 19.3 Å². The van der Waals surface area contributed by atoms with Gasteiger partial charge in [-0.1, -0.05) is 0 Å². The number of nitrogens with one attached hydrogen (secondary N) is 2. The summed E-state index contributed by atoms with van der Waals surface area (Å²) in [6, 6.07) is 7.81. The first-order valence-electron chi connectivity index (χ1n) is 7.97. The van der Waals surface area contributed by atoms with E-state index in [4.69, 9.17) is 5.73 Å². The van der Waals surface area contributed by atoms with Crippen molar-refractivity contribution < 1.29 is 9.18 Å². The number of benzene rings is 1. The van der Waals surface area contributed by atoms with E-state index in [1.165, 1.54) is 36.3 Å². The molecule has 0 saturated heterocycles. The fraction of sp³-hybridized carbons (Fsp3) is 0.111. The van der Waals surface area contributed by atoms with Gasteiger partial charge in [-0.2, -0.15) is 0 Å². The minimum atomic E-state index is -0.419. The Hall–Kier alpha value is -3.20. The Bertz CT molecular complexity index is 951. The predicted molar refractivity (Wildman–Crippen MR) is 104 cm³/mol. The molecule has 0 bridgehead atoms. The quantitative estimate of drug-likeness (QED) is 0.561. The number of thioether (sulfide) groups is 1. The molecule has 0 spiro atoms. The summed E-state index contributed by atoms with van der Waals surface area (Å²) in [7, 11) is 0. The van der Waals surface area contributed by atoms with Gasteiger partial charge in [-0.3, -0.25) is 4.79 Å². The second-order valence-electron chi connectivity index (χ2n) is 5.49. The summed E-state index contributed by atoms with van der Waals surface area (Å²) in [5.41, 5.74) is 7.38. The summed E-state index contributed by atoms with van der Waals surface area (Å²) in [6.45, 7) is 0.188. The lowest BCUT2D eigenvalue weighted by atomic mass is 10.1. The van der Waals surface area contributed by atoms with E-state index in [0.29, 0.717) is 22.8 Å². The van der Waals surface area contributed by atoms with E-state index in [9.17, 15) is 9.18 Å². The van der Waals surface area contributed by atoms with Gasteiger partial charge in [0.15, 0.2) is 0 Å². The summed E-state index contributed by atoms with van der Waals surface area (Å²) in [4.78, 5) is 24.4. The van der Waals surface area contributed by atoms with Gasteiger partial charge in [-0.05, 0) is 36.6 Å². The molecule has 0 aliphatic carbocycles. The molecule has 3 aromatic rings. The van der Waals surface area contributed by atoms with Crippen molar-refractivity contribution in [2.24, 2.45) is 0 Å². The van der Waals surface area contributed by atoms with Crippen LogP contribution in [-0.4, -0.2) is 27.1 Å². The van der Waals surface area contributed by atoms with Gasteiger partial charge in [0.2, 0.25) is 0 Å². The van der Waals surface area contributed by atoms with E-state index < -0.39 is 11.7 Å². The van der Waals surface area contributed by atoms with Gasteiger partial charge >= 0.3 is 0 Å². The molecule has 0 radical (unpaired) electrons. The average Bonchev–Trinajstić information content (AvgIpc) is 2.69. The third-order valence-corrected chi connectivity index (χ3v) is 4.31. The van der Waals surface area contributed by atoms with Crippen molar-refractivity contribution in [3.8, 4) is 0 Å². The van der Waals surface area contributed by atoms with Crippen molar-refractivity contribution in [2.45, 2.75) is 11.6 Å². The fourth-order valence-corrected chi connectivity index (χ4v) is 2.60. The van der Waals surface area contributed by atoms with Crippen molar-refractivity contribution in [1.29, 1.82) is 0 Å². The van der Waals surface area contributed by atoms with Crippen LogP contribution in [-0.2, 0) is 6.54 Å². The zero-order valence-corrected chi connectivity index (χ0v) is 15.3. The second kappa shape index (κ2) is 8.45. The van der Waals surface area contributed by atoms with Crippen molar-refractivity contribution in [2.75, 3.05) is 22.6 Å². The minimum Gasteiger partial charge on any atom is -0.382 e. The van der Waals surface area contributed by atoms with Crippen molar-refractivity contribution >= 4 is 34.9 Å². The maximum atomic E-state index is 14.1. The SMILES string of the molecule is CSc1cnc(C(=O)Nc2ccc(F)c(CNc3cccnc3N)c2)cn1. The Balaban J connectivity index is 1.70. The van der Waals surface area contributed by atoms with E-state index in [-0.39, 0.29) is 12.2 Å². The van der Waals surface area contributed by atoms with Crippen LogP contribution in [0.3, 0.4) is 0 Å². The van der Waals surface area contributed by atoms with Crippen molar-refractivity contribution in [1.82, 2.24) is 15.0 Å². The molecule has 27 heavy (non-hydrogen) atoms. The van der Waals surface area contributed by atoms with Crippen LogP contribution in [0.1, 0.15) is 16.1 Å². The summed E-state index contributed by atoms with van der Waals surface area (Å²) in [6.07, 6.45) is 6.37. The van der Waals surface area contributed by atoms with E-state index in [0.717, 1.165) is 5.03 Å². The minimum absolute atomic E-state index is 0.180. The number of nitrogens with two attached hydrogens (primary N) is 1. The van der Waals surface area contributed by atoms with Crippen LogP contribution >= 0.6 is 11.8 Å². The first kappa shape index (κ1) is 18.6. The van der Waals surface area contributed by atoms with E-state index in [1.807, 2.05) is 6.26 Å². The molecule has 0 aliphatic heterocycles. The van der Waals surface area contributed by atoms with Crippen LogP contribution in [0.15, 0.2) is 53.9 Å². The number of rotatable bonds is 6.